The van der Waals surface area contributed by atoms with Crippen LogP contribution in [0.3, 0.4) is 0 Å². The van der Waals surface area contributed by atoms with Gasteiger partial charge in [-0.15, -0.1) is 0 Å². The minimum atomic E-state index is 0.209. The normalized spacial score (nSPS) is 12.4. The van der Waals surface area contributed by atoms with Crippen LogP contribution in [-0.2, 0) is 11.2 Å². The number of hydrogen-bond donors (Lipinski definition) is 1. The third kappa shape index (κ3) is 4.63. The van der Waals surface area contributed by atoms with E-state index in [2.05, 4.69) is 29.9 Å². The number of rotatable bonds is 8. The number of pyridine rings is 1. The molecule has 4 nitrogen and oxygen atoms in total. The van der Waals surface area contributed by atoms with Gasteiger partial charge in [0.2, 0.25) is 0 Å². The highest BCUT2D eigenvalue weighted by Gasteiger charge is 2.10. The summed E-state index contributed by atoms with van der Waals surface area (Å²) in [6.45, 7) is 3.84. The van der Waals surface area contributed by atoms with Gasteiger partial charge < -0.3 is 15.4 Å². The Morgan fingerprint density at radius 3 is 2.94 bits per heavy atom. The second kappa shape index (κ2) is 8.06. The summed E-state index contributed by atoms with van der Waals surface area (Å²) in [4.78, 5) is 6.65. The Labute approximate surface area is 110 Å². The fourth-order valence-electron chi connectivity index (χ4n) is 1.91. The fourth-order valence-corrected chi connectivity index (χ4v) is 1.91. The first-order valence-corrected chi connectivity index (χ1v) is 6.58. The lowest BCUT2D eigenvalue weighted by Crippen LogP contribution is -2.26. The second-order valence-corrected chi connectivity index (χ2v) is 4.63. The average Bonchev–Trinajstić information content (AvgIpc) is 2.39. The van der Waals surface area contributed by atoms with Crippen LogP contribution in [0.25, 0.3) is 0 Å². The minimum absolute atomic E-state index is 0.209. The average molecular weight is 251 g/mol. The maximum absolute atomic E-state index is 6.03. The summed E-state index contributed by atoms with van der Waals surface area (Å²) in [5.41, 5.74) is 7.26. The molecular weight excluding hydrogens is 226 g/mol. The molecule has 0 saturated carbocycles. The second-order valence-electron chi connectivity index (χ2n) is 4.63. The highest BCUT2D eigenvalue weighted by molar-refractivity contribution is 5.46. The van der Waals surface area contributed by atoms with Crippen LogP contribution in [0.2, 0.25) is 0 Å². The highest BCUT2D eigenvalue weighted by Crippen LogP contribution is 2.18. The maximum atomic E-state index is 6.03. The number of nitrogens with zero attached hydrogens (tertiary/aromatic N) is 2. The van der Waals surface area contributed by atoms with Crippen molar-refractivity contribution in [3.05, 3.63) is 23.9 Å². The van der Waals surface area contributed by atoms with Gasteiger partial charge in [-0.05, 0) is 30.9 Å². The molecule has 1 aromatic rings. The van der Waals surface area contributed by atoms with Crippen molar-refractivity contribution in [1.82, 2.24) is 4.98 Å². The summed E-state index contributed by atoms with van der Waals surface area (Å²) in [6, 6.07) is 4.30. The standard InChI is InChI=1S/C14H25N3O/c1-4-13(15)11-12-7-5-8-16-14(12)17(2)9-6-10-18-3/h5,7-8,13H,4,6,9-11,15H2,1-3H3. The molecule has 1 heterocycles. The van der Waals surface area contributed by atoms with E-state index in [1.165, 1.54) is 5.56 Å². The van der Waals surface area contributed by atoms with Crippen molar-refractivity contribution in [2.45, 2.75) is 32.2 Å². The largest absolute Gasteiger partial charge is 0.385 e. The van der Waals surface area contributed by atoms with Crippen LogP contribution >= 0.6 is 0 Å². The lowest BCUT2D eigenvalue weighted by Gasteiger charge is -2.22. The van der Waals surface area contributed by atoms with Gasteiger partial charge in [0.15, 0.2) is 0 Å². The van der Waals surface area contributed by atoms with Crippen LogP contribution in [0.1, 0.15) is 25.3 Å². The third-order valence-electron chi connectivity index (χ3n) is 3.08. The topological polar surface area (TPSA) is 51.4 Å². The Morgan fingerprint density at radius 1 is 1.50 bits per heavy atom. The third-order valence-corrected chi connectivity index (χ3v) is 3.08. The Balaban J connectivity index is 2.68. The summed E-state index contributed by atoms with van der Waals surface area (Å²) >= 11 is 0. The Morgan fingerprint density at radius 2 is 2.28 bits per heavy atom. The molecule has 1 unspecified atom stereocenters. The number of nitrogens with two attached hydrogens (primary N) is 1. The predicted octanol–water partition coefficient (Wildman–Crippen LogP) is 1.83. The van der Waals surface area contributed by atoms with Crippen molar-refractivity contribution < 1.29 is 4.74 Å². The van der Waals surface area contributed by atoms with Gasteiger partial charge >= 0.3 is 0 Å². The monoisotopic (exact) mass is 251 g/mol. The van der Waals surface area contributed by atoms with Gasteiger partial charge in [-0.3, -0.25) is 0 Å². The van der Waals surface area contributed by atoms with Crippen molar-refractivity contribution in [1.29, 1.82) is 0 Å². The van der Waals surface area contributed by atoms with Gasteiger partial charge in [0, 0.05) is 39.5 Å². The molecule has 18 heavy (non-hydrogen) atoms. The first kappa shape index (κ1) is 14.9. The zero-order chi connectivity index (χ0) is 13.4. The van der Waals surface area contributed by atoms with E-state index in [1.807, 2.05) is 12.3 Å². The van der Waals surface area contributed by atoms with Gasteiger partial charge in [0.05, 0.1) is 0 Å². The molecule has 0 amide bonds. The van der Waals surface area contributed by atoms with E-state index in [4.69, 9.17) is 10.5 Å². The summed E-state index contributed by atoms with van der Waals surface area (Å²) in [6.07, 6.45) is 4.71. The molecule has 1 atom stereocenters. The molecule has 4 heteroatoms. The predicted molar refractivity (Wildman–Crippen MR) is 76.0 cm³/mol. The molecule has 0 aliphatic carbocycles. The number of hydrogen-bond acceptors (Lipinski definition) is 4. The van der Waals surface area contributed by atoms with E-state index in [9.17, 15) is 0 Å². The van der Waals surface area contributed by atoms with E-state index in [0.717, 1.165) is 38.2 Å². The highest BCUT2D eigenvalue weighted by atomic mass is 16.5. The van der Waals surface area contributed by atoms with Crippen molar-refractivity contribution in [3.8, 4) is 0 Å². The van der Waals surface area contributed by atoms with E-state index < -0.39 is 0 Å². The zero-order valence-electron chi connectivity index (χ0n) is 11.7. The van der Waals surface area contributed by atoms with Crippen molar-refractivity contribution in [2.24, 2.45) is 5.73 Å². The number of aromatic nitrogens is 1. The van der Waals surface area contributed by atoms with Gasteiger partial charge in [0.1, 0.15) is 5.82 Å². The Kier molecular flexibility index (Phi) is 6.68. The van der Waals surface area contributed by atoms with Crippen molar-refractivity contribution >= 4 is 5.82 Å². The van der Waals surface area contributed by atoms with E-state index >= 15 is 0 Å². The molecule has 0 aromatic carbocycles. The summed E-state index contributed by atoms with van der Waals surface area (Å²) in [5, 5.41) is 0. The van der Waals surface area contributed by atoms with Gasteiger partial charge in [-0.25, -0.2) is 4.98 Å². The van der Waals surface area contributed by atoms with Crippen LogP contribution in [0, 0.1) is 0 Å². The van der Waals surface area contributed by atoms with E-state index in [1.54, 1.807) is 7.11 Å². The van der Waals surface area contributed by atoms with Crippen LogP contribution in [0.4, 0.5) is 5.82 Å². The molecule has 0 bridgehead atoms. The lowest BCUT2D eigenvalue weighted by atomic mass is 10.1. The fraction of sp³-hybridized carbons (Fsp3) is 0.643. The Hall–Kier alpha value is -1.13. The summed E-state index contributed by atoms with van der Waals surface area (Å²) < 4.78 is 5.07. The molecule has 0 fully saturated rings. The molecule has 1 rings (SSSR count). The molecule has 1 aromatic heterocycles. The SMILES string of the molecule is CCC(N)Cc1cccnc1N(C)CCCOC. The minimum Gasteiger partial charge on any atom is -0.385 e. The molecule has 2 N–H and O–H groups in total. The lowest BCUT2D eigenvalue weighted by molar-refractivity contribution is 0.196. The van der Waals surface area contributed by atoms with Gasteiger partial charge in [-0.1, -0.05) is 13.0 Å². The summed E-state index contributed by atoms with van der Waals surface area (Å²) in [7, 11) is 3.80. The van der Waals surface area contributed by atoms with Crippen LogP contribution in [0.5, 0.6) is 0 Å². The molecule has 0 aliphatic heterocycles. The molecule has 102 valence electrons. The van der Waals surface area contributed by atoms with Crippen LogP contribution in [0.15, 0.2) is 18.3 Å². The first-order valence-electron chi connectivity index (χ1n) is 6.58. The quantitative estimate of drug-likeness (QED) is 0.716. The van der Waals surface area contributed by atoms with Crippen LogP contribution in [-0.4, -0.2) is 38.3 Å². The Bertz CT molecular complexity index is 344. The maximum Gasteiger partial charge on any atom is 0.131 e. The van der Waals surface area contributed by atoms with Crippen molar-refractivity contribution in [3.63, 3.8) is 0 Å². The zero-order valence-corrected chi connectivity index (χ0v) is 11.7. The summed E-state index contributed by atoms with van der Waals surface area (Å²) in [5.74, 6) is 1.04. The molecule has 0 saturated heterocycles. The van der Waals surface area contributed by atoms with E-state index in [-0.39, 0.29) is 6.04 Å². The number of methoxy groups -OCH3 is 1. The molecule has 0 aliphatic rings. The van der Waals surface area contributed by atoms with E-state index in [0.29, 0.717) is 0 Å². The molecular formula is C14H25N3O. The van der Waals surface area contributed by atoms with Gasteiger partial charge in [0.25, 0.3) is 0 Å². The van der Waals surface area contributed by atoms with Crippen molar-refractivity contribution in [2.75, 3.05) is 32.2 Å². The molecule has 0 spiro atoms. The number of anilines is 1. The smallest absolute Gasteiger partial charge is 0.131 e. The van der Waals surface area contributed by atoms with Crippen LogP contribution < -0.4 is 10.6 Å². The number of ether oxygens (including phenoxy) is 1. The first-order chi connectivity index (χ1) is 8.69. The van der Waals surface area contributed by atoms with Gasteiger partial charge in [-0.2, -0.15) is 0 Å². The molecule has 0 radical (unpaired) electrons.